The van der Waals surface area contributed by atoms with E-state index < -0.39 is 18.5 Å². The summed E-state index contributed by atoms with van der Waals surface area (Å²) in [6.45, 7) is 1.00. The fourth-order valence-corrected chi connectivity index (χ4v) is 3.79. The van der Waals surface area contributed by atoms with Gasteiger partial charge in [-0.1, -0.05) is 12.1 Å². The number of hydrogen-bond donors (Lipinski definition) is 3. The van der Waals surface area contributed by atoms with Crippen molar-refractivity contribution >= 4 is 11.9 Å². The number of aromatic nitrogens is 1. The van der Waals surface area contributed by atoms with Crippen LogP contribution in [0.15, 0.2) is 30.3 Å². The molecule has 1 aliphatic heterocycles. The van der Waals surface area contributed by atoms with Gasteiger partial charge < -0.3 is 25.5 Å². The van der Waals surface area contributed by atoms with Crippen molar-refractivity contribution in [2.24, 2.45) is 5.73 Å². The van der Waals surface area contributed by atoms with E-state index in [1.807, 2.05) is 0 Å². The molecule has 0 saturated heterocycles. The highest BCUT2D eigenvalue weighted by Gasteiger charge is 2.38. The van der Waals surface area contributed by atoms with Crippen LogP contribution in [-0.2, 0) is 4.79 Å². The van der Waals surface area contributed by atoms with E-state index in [1.165, 1.54) is 18.2 Å². The largest absolute Gasteiger partial charge is 0.573 e. The Morgan fingerprint density at radius 2 is 1.82 bits per heavy atom. The van der Waals surface area contributed by atoms with E-state index in [1.54, 1.807) is 12.1 Å². The number of nitrogens with two attached hydrogens (primary N) is 1. The van der Waals surface area contributed by atoms with Crippen LogP contribution in [0.25, 0.3) is 11.1 Å². The second kappa shape index (κ2) is 9.57. The molecule has 1 aromatic carbocycles. The summed E-state index contributed by atoms with van der Waals surface area (Å²) in [5, 5.41) is 10.0. The molecule has 0 spiro atoms. The van der Waals surface area contributed by atoms with Crippen LogP contribution in [0.4, 0.5) is 26.3 Å². The Hall–Kier alpha value is -3.22. The molecule has 1 amide bonds. The third-order valence-electron chi connectivity index (χ3n) is 5.26. The maximum absolute atomic E-state index is 12.6. The number of carbonyl (C=O) groups is 2. The number of carboxylic acid groups (broad SMARTS) is 1. The van der Waals surface area contributed by atoms with Gasteiger partial charge in [-0.3, -0.25) is 4.79 Å². The van der Waals surface area contributed by atoms with Crippen molar-refractivity contribution in [3.05, 3.63) is 41.7 Å². The minimum absolute atomic E-state index is 0.0571. The van der Waals surface area contributed by atoms with Crippen LogP contribution in [-0.4, -0.2) is 47.2 Å². The summed E-state index contributed by atoms with van der Waals surface area (Å²) in [6, 6.07) is 7.75. The van der Waals surface area contributed by atoms with Crippen molar-refractivity contribution in [3.63, 3.8) is 0 Å². The van der Waals surface area contributed by atoms with Crippen LogP contribution in [0, 0.1) is 0 Å². The molecule has 2 aromatic rings. The van der Waals surface area contributed by atoms with E-state index >= 15 is 0 Å². The minimum atomic E-state index is -5.08. The lowest BCUT2D eigenvalue weighted by molar-refractivity contribution is -0.274. The van der Waals surface area contributed by atoms with Gasteiger partial charge in [0.1, 0.15) is 11.4 Å². The number of nitrogens with zero attached hydrogens (tertiary/aromatic N) is 1. The summed E-state index contributed by atoms with van der Waals surface area (Å²) in [5.41, 5.74) is 8.70. The molecule has 186 valence electrons. The molecular formula is C21H21F6N3O4. The van der Waals surface area contributed by atoms with Crippen LogP contribution in [0.3, 0.4) is 0 Å². The van der Waals surface area contributed by atoms with Gasteiger partial charge in [0, 0.05) is 17.8 Å². The van der Waals surface area contributed by atoms with Gasteiger partial charge in [-0.15, -0.1) is 13.2 Å². The third kappa shape index (κ3) is 6.01. The number of ether oxygens (including phenoxy) is 1. The first-order valence-electron chi connectivity index (χ1n) is 10.2. The number of carboxylic acids is 1. The SMILES string of the molecule is NCCC1CNC(=O)c2cc(-c3cccc(OC(F)(F)F)c3)c(C3CC3)n21.O=C(O)C(F)(F)F. The molecule has 13 heteroatoms. The highest BCUT2D eigenvalue weighted by atomic mass is 19.4. The maximum atomic E-state index is 12.6. The minimum Gasteiger partial charge on any atom is -0.475 e. The summed E-state index contributed by atoms with van der Waals surface area (Å²) in [7, 11) is 0. The van der Waals surface area contributed by atoms with Crippen molar-refractivity contribution in [1.29, 1.82) is 0 Å². The first-order valence-corrected chi connectivity index (χ1v) is 10.2. The molecule has 2 aliphatic rings. The molecule has 34 heavy (non-hydrogen) atoms. The normalized spacial score (nSPS) is 17.9. The van der Waals surface area contributed by atoms with Crippen LogP contribution in [0.1, 0.15) is 47.4 Å². The number of carbonyl (C=O) groups excluding carboxylic acids is 1. The number of benzene rings is 1. The topological polar surface area (TPSA) is 107 Å². The number of nitrogens with one attached hydrogen (secondary N) is 1. The van der Waals surface area contributed by atoms with E-state index in [9.17, 15) is 31.1 Å². The summed E-state index contributed by atoms with van der Waals surface area (Å²) in [5.74, 6) is -2.88. The zero-order valence-electron chi connectivity index (χ0n) is 17.5. The fraction of sp³-hybridized carbons (Fsp3) is 0.429. The Balaban J connectivity index is 0.000000406. The smallest absolute Gasteiger partial charge is 0.475 e. The highest BCUT2D eigenvalue weighted by molar-refractivity contribution is 5.96. The second-order valence-electron chi connectivity index (χ2n) is 7.79. The van der Waals surface area contributed by atoms with Gasteiger partial charge in [0.2, 0.25) is 0 Å². The summed E-state index contributed by atoms with van der Waals surface area (Å²) >= 11 is 0. The molecule has 1 aliphatic carbocycles. The summed E-state index contributed by atoms with van der Waals surface area (Å²) in [6.07, 6.45) is -7.10. The average Bonchev–Trinajstić information content (AvgIpc) is 3.48. The lowest BCUT2D eigenvalue weighted by Crippen LogP contribution is -2.40. The number of amides is 1. The standard InChI is InChI=1S/C19H20F3N3O2.C2HF3O2/c20-19(21,22)27-14-3-1-2-12(8-14)15-9-16-18(26)24-10-13(6-7-23)25(16)17(15)11-4-5-11;3-2(4,5)1(6)7/h1-3,8-9,11,13H,4-7,10,23H2,(H,24,26);(H,6,7). The molecule has 1 fully saturated rings. The Labute approximate surface area is 189 Å². The van der Waals surface area contributed by atoms with Crippen molar-refractivity contribution in [3.8, 4) is 16.9 Å². The molecule has 1 saturated carbocycles. The molecule has 7 nitrogen and oxygen atoms in total. The lowest BCUT2D eigenvalue weighted by atomic mass is 10.0. The molecule has 1 atom stereocenters. The predicted molar refractivity (Wildman–Crippen MR) is 107 cm³/mol. The van der Waals surface area contributed by atoms with Crippen molar-refractivity contribution in [2.75, 3.05) is 13.1 Å². The first-order chi connectivity index (χ1) is 15.8. The highest BCUT2D eigenvalue weighted by Crippen LogP contribution is 2.48. The van der Waals surface area contributed by atoms with Crippen LogP contribution in [0.2, 0.25) is 0 Å². The van der Waals surface area contributed by atoms with Gasteiger partial charge in [0.15, 0.2) is 0 Å². The monoisotopic (exact) mass is 493 g/mol. The third-order valence-corrected chi connectivity index (χ3v) is 5.26. The van der Waals surface area contributed by atoms with Gasteiger partial charge in [0.25, 0.3) is 5.91 Å². The van der Waals surface area contributed by atoms with Gasteiger partial charge in [-0.25, -0.2) is 4.79 Å². The zero-order chi connectivity index (χ0) is 25.3. The fourth-order valence-electron chi connectivity index (χ4n) is 3.79. The molecule has 4 N–H and O–H groups in total. The van der Waals surface area contributed by atoms with Crippen LogP contribution in [0.5, 0.6) is 5.75 Å². The number of hydrogen-bond acceptors (Lipinski definition) is 4. The van der Waals surface area contributed by atoms with E-state index in [0.29, 0.717) is 30.3 Å². The van der Waals surface area contributed by atoms with Crippen LogP contribution >= 0.6 is 0 Å². The van der Waals surface area contributed by atoms with E-state index in [4.69, 9.17) is 15.6 Å². The Morgan fingerprint density at radius 1 is 1.18 bits per heavy atom. The summed E-state index contributed by atoms with van der Waals surface area (Å²) in [4.78, 5) is 21.3. The first kappa shape index (κ1) is 25.4. The van der Waals surface area contributed by atoms with Crippen molar-refractivity contribution < 1.29 is 45.8 Å². The zero-order valence-corrected chi connectivity index (χ0v) is 17.5. The molecule has 4 rings (SSSR count). The van der Waals surface area contributed by atoms with E-state index in [2.05, 4.69) is 14.6 Å². The van der Waals surface area contributed by atoms with Gasteiger partial charge in [0.05, 0.1) is 6.04 Å². The van der Waals surface area contributed by atoms with E-state index in [0.717, 1.165) is 30.5 Å². The molecule has 2 heterocycles. The maximum Gasteiger partial charge on any atom is 0.573 e. The lowest BCUT2D eigenvalue weighted by Gasteiger charge is -2.28. The second-order valence-corrected chi connectivity index (χ2v) is 7.79. The summed E-state index contributed by atoms with van der Waals surface area (Å²) < 4.78 is 75.6. The number of halogens is 6. The quantitative estimate of drug-likeness (QED) is 0.542. The van der Waals surface area contributed by atoms with Gasteiger partial charge in [-0.05, 0) is 55.5 Å². The van der Waals surface area contributed by atoms with Gasteiger partial charge >= 0.3 is 18.5 Å². The number of alkyl halides is 6. The van der Waals surface area contributed by atoms with Crippen LogP contribution < -0.4 is 15.8 Å². The molecule has 0 bridgehead atoms. The molecule has 0 radical (unpaired) electrons. The predicted octanol–water partition coefficient (Wildman–Crippen LogP) is 4.20. The number of fused-ring (bicyclic) bond motifs is 1. The Bertz CT molecular complexity index is 1060. The number of rotatable bonds is 5. The average molecular weight is 493 g/mol. The van der Waals surface area contributed by atoms with E-state index in [-0.39, 0.29) is 17.7 Å². The molecular weight excluding hydrogens is 472 g/mol. The Kier molecular flexibility index (Phi) is 7.15. The van der Waals surface area contributed by atoms with Crippen molar-refractivity contribution in [2.45, 2.75) is 43.8 Å². The van der Waals surface area contributed by atoms with Gasteiger partial charge in [-0.2, -0.15) is 13.2 Å². The molecule has 1 aromatic heterocycles. The molecule has 1 unspecified atom stereocenters. The van der Waals surface area contributed by atoms with Crippen molar-refractivity contribution in [1.82, 2.24) is 9.88 Å². The Morgan fingerprint density at radius 3 is 2.35 bits per heavy atom. The number of aliphatic carboxylic acids is 1.